The summed E-state index contributed by atoms with van der Waals surface area (Å²) in [6.07, 6.45) is 11.1. The van der Waals surface area contributed by atoms with Gasteiger partial charge >= 0.3 is 0 Å². The summed E-state index contributed by atoms with van der Waals surface area (Å²) in [5.74, 6) is 0.770. The number of hydrogen-bond donors (Lipinski definition) is 1. The minimum Gasteiger partial charge on any atom is -0.350 e. The van der Waals surface area contributed by atoms with Gasteiger partial charge in [0.25, 0.3) is 0 Å². The SMILES string of the molecule is CSC1CCCCC1Nc1ncc(I)cn1. The van der Waals surface area contributed by atoms with Crippen LogP contribution in [0.5, 0.6) is 0 Å². The van der Waals surface area contributed by atoms with E-state index in [0.717, 1.165) is 9.52 Å². The van der Waals surface area contributed by atoms with Crippen LogP contribution in [0.3, 0.4) is 0 Å². The largest absolute Gasteiger partial charge is 0.350 e. The van der Waals surface area contributed by atoms with E-state index in [1.54, 1.807) is 0 Å². The number of halogens is 1. The Balaban J connectivity index is 1.99. The average Bonchev–Trinajstić information content (AvgIpc) is 2.33. The molecule has 2 unspecified atom stereocenters. The maximum Gasteiger partial charge on any atom is 0.222 e. The summed E-state index contributed by atoms with van der Waals surface area (Å²) in [5.41, 5.74) is 0. The topological polar surface area (TPSA) is 37.8 Å². The molecule has 1 saturated carbocycles. The van der Waals surface area contributed by atoms with Gasteiger partial charge in [0.1, 0.15) is 0 Å². The summed E-state index contributed by atoms with van der Waals surface area (Å²) in [7, 11) is 0. The zero-order valence-electron chi connectivity index (χ0n) is 9.32. The van der Waals surface area contributed by atoms with Crippen LogP contribution in [0.15, 0.2) is 12.4 Å². The van der Waals surface area contributed by atoms with Gasteiger partial charge in [0, 0.05) is 27.3 Å². The lowest BCUT2D eigenvalue weighted by molar-refractivity contribution is 0.473. The second kappa shape index (κ2) is 6.05. The molecule has 2 atom stereocenters. The van der Waals surface area contributed by atoms with E-state index in [2.05, 4.69) is 44.1 Å². The second-order valence-electron chi connectivity index (χ2n) is 4.03. The maximum atomic E-state index is 4.30. The van der Waals surface area contributed by atoms with Crippen molar-refractivity contribution in [3.8, 4) is 0 Å². The highest BCUT2D eigenvalue weighted by atomic mass is 127. The standard InChI is InChI=1S/C11H16IN3S/c1-16-10-5-3-2-4-9(10)15-11-13-6-8(12)7-14-11/h6-7,9-10H,2-5H2,1H3,(H,13,14,15). The molecule has 88 valence electrons. The number of nitrogens with zero attached hydrogens (tertiary/aromatic N) is 2. The molecule has 1 aromatic heterocycles. The summed E-state index contributed by atoms with van der Waals surface area (Å²) in [6.45, 7) is 0. The third kappa shape index (κ3) is 3.23. The molecule has 0 aromatic carbocycles. The van der Waals surface area contributed by atoms with Gasteiger partial charge in [-0.3, -0.25) is 0 Å². The van der Waals surface area contributed by atoms with Crippen molar-refractivity contribution in [2.24, 2.45) is 0 Å². The molecule has 0 saturated heterocycles. The van der Waals surface area contributed by atoms with Gasteiger partial charge in [0.05, 0.1) is 0 Å². The highest BCUT2D eigenvalue weighted by Crippen LogP contribution is 2.28. The van der Waals surface area contributed by atoms with Crippen molar-refractivity contribution in [2.45, 2.75) is 37.0 Å². The first kappa shape index (κ1) is 12.4. The Bertz CT molecular complexity index is 331. The lowest BCUT2D eigenvalue weighted by Crippen LogP contribution is -2.34. The van der Waals surface area contributed by atoms with Crippen molar-refractivity contribution in [3.05, 3.63) is 16.0 Å². The zero-order valence-corrected chi connectivity index (χ0v) is 12.3. The van der Waals surface area contributed by atoms with Crippen molar-refractivity contribution in [1.29, 1.82) is 0 Å². The van der Waals surface area contributed by atoms with Gasteiger partial charge < -0.3 is 5.32 Å². The number of aromatic nitrogens is 2. The molecule has 2 rings (SSSR count). The van der Waals surface area contributed by atoms with E-state index >= 15 is 0 Å². The van der Waals surface area contributed by atoms with Crippen molar-refractivity contribution < 1.29 is 0 Å². The third-order valence-electron chi connectivity index (χ3n) is 2.94. The lowest BCUT2D eigenvalue weighted by atomic mass is 9.95. The van der Waals surface area contributed by atoms with Crippen molar-refractivity contribution in [3.63, 3.8) is 0 Å². The molecule has 16 heavy (non-hydrogen) atoms. The van der Waals surface area contributed by atoms with E-state index in [1.165, 1.54) is 25.7 Å². The fraction of sp³-hybridized carbons (Fsp3) is 0.636. The molecule has 1 heterocycles. The van der Waals surface area contributed by atoms with E-state index in [-0.39, 0.29) is 0 Å². The van der Waals surface area contributed by atoms with Gasteiger partial charge in [0.15, 0.2) is 0 Å². The first-order valence-corrected chi connectivity index (χ1v) is 7.93. The zero-order chi connectivity index (χ0) is 11.4. The van der Waals surface area contributed by atoms with Crippen LogP contribution in [0.2, 0.25) is 0 Å². The summed E-state index contributed by atoms with van der Waals surface area (Å²) < 4.78 is 1.08. The Morgan fingerprint density at radius 2 is 2.00 bits per heavy atom. The molecular weight excluding hydrogens is 333 g/mol. The first-order valence-electron chi connectivity index (χ1n) is 5.56. The fourth-order valence-corrected chi connectivity index (χ4v) is 3.31. The number of anilines is 1. The molecule has 1 aliphatic carbocycles. The minimum atomic E-state index is 0.531. The molecule has 1 aromatic rings. The van der Waals surface area contributed by atoms with Crippen LogP contribution in [0, 0.1) is 3.57 Å². The van der Waals surface area contributed by atoms with Crippen LogP contribution in [0.25, 0.3) is 0 Å². The average molecular weight is 349 g/mol. The monoisotopic (exact) mass is 349 g/mol. The Morgan fingerprint density at radius 1 is 1.31 bits per heavy atom. The number of hydrogen-bond acceptors (Lipinski definition) is 4. The predicted molar refractivity (Wildman–Crippen MR) is 77.9 cm³/mol. The van der Waals surface area contributed by atoms with Crippen molar-refractivity contribution in [1.82, 2.24) is 9.97 Å². The molecule has 0 amide bonds. The molecule has 0 aliphatic heterocycles. The molecule has 0 bridgehead atoms. The van der Waals surface area contributed by atoms with E-state index in [0.29, 0.717) is 11.3 Å². The first-order chi connectivity index (χ1) is 7.79. The summed E-state index contributed by atoms with van der Waals surface area (Å²) >= 11 is 4.18. The van der Waals surface area contributed by atoms with Crippen LogP contribution >= 0.6 is 34.4 Å². The number of rotatable bonds is 3. The van der Waals surface area contributed by atoms with Crippen molar-refractivity contribution in [2.75, 3.05) is 11.6 Å². The quantitative estimate of drug-likeness (QED) is 0.851. The Kier molecular flexibility index (Phi) is 4.69. The molecular formula is C11H16IN3S. The Hall–Kier alpha value is -0.0400. The summed E-state index contributed by atoms with van der Waals surface area (Å²) in [4.78, 5) is 8.60. The number of nitrogens with one attached hydrogen (secondary N) is 1. The molecule has 1 N–H and O–H groups in total. The van der Waals surface area contributed by atoms with Crippen LogP contribution in [-0.4, -0.2) is 27.5 Å². The third-order valence-corrected chi connectivity index (χ3v) is 4.67. The van der Waals surface area contributed by atoms with Crippen molar-refractivity contribution >= 4 is 40.3 Å². The van der Waals surface area contributed by atoms with Crippen LogP contribution < -0.4 is 5.32 Å². The van der Waals surface area contributed by atoms with Gasteiger partial charge in [-0.15, -0.1) is 0 Å². The van der Waals surface area contributed by atoms with E-state index < -0.39 is 0 Å². The van der Waals surface area contributed by atoms with E-state index in [4.69, 9.17) is 0 Å². The molecule has 1 fully saturated rings. The molecule has 3 nitrogen and oxygen atoms in total. The smallest absolute Gasteiger partial charge is 0.222 e. The van der Waals surface area contributed by atoms with Gasteiger partial charge in [-0.05, 0) is 41.7 Å². The second-order valence-corrected chi connectivity index (χ2v) is 6.36. The minimum absolute atomic E-state index is 0.531. The normalized spacial score (nSPS) is 25.4. The van der Waals surface area contributed by atoms with Crippen LogP contribution in [0.4, 0.5) is 5.95 Å². The molecule has 5 heteroatoms. The van der Waals surface area contributed by atoms with Gasteiger partial charge in [0.2, 0.25) is 5.95 Å². The summed E-state index contributed by atoms with van der Waals surface area (Å²) in [6, 6.07) is 0.531. The molecule has 0 spiro atoms. The van der Waals surface area contributed by atoms with Gasteiger partial charge in [-0.2, -0.15) is 11.8 Å². The highest BCUT2D eigenvalue weighted by Gasteiger charge is 2.24. The Labute approximate surface area is 114 Å². The van der Waals surface area contributed by atoms with E-state index in [1.807, 2.05) is 24.2 Å². The van der Waals surface area contributed by atoms with Gasteiger partial charge in [-0.25, -0.2) is 9.97 Å². The maximum absolute atomic E-state index is 4.30. The highest BCUT2D eigenvalue weighted by molar-refractivity contribution is 14.1. The fourth-order valence-electron chi connectivity index (χ4n) is 2.10. The molecule has 1 aliphatic rings. The van der Waals surface area contributed by atoms with E-state index in [9.17, 15) is 0 Å². The van der Waals surface area contributed by atoms with Crippen LogP contribution in [0.1, 0.15) is 25.7 Å². The summed E-state index contributed by atoms with van der Waals surface area (Å²) in [5, 5.41) is 4.17. The van der Waals surface area contributed by atoms with Gasteiger partial charge in [-0.1, -0.05) is 12.8 Å². The predicted octanol–water partition coefficient (Wildman–Crippen LogP) is 3.17. The lowest BCUT2D eigenvalue weighted by Gasteiger charge is -2.30. The van der Waals surface area contributed by atoms with Crippen LogP contribution in [-0.2, 0) is 0 Å². The Morgan fingerprint density at radius 3 is 2.69 bits per heavy atom. The number of thioether (sulfide) groups is 1. The molecule has 0 radical (unpaired) electrons.